The average Bonchev–Trinajstić information content (AvgIpc) is 3.61. The molecule has 0 amide bonds. The normalized spacial score (nSPS) is 11.5. The molecule has 0 aliphatic heterocycles. The molecule has 10 rings (SSSR count). The summed E-state index contributed by atoms with van der Waals surface area (Å²) in [6, 6.07) is 71.7. The van der Waals surface area contributed by atoms with E-state index < -0.39 is 0 Å². The molecule has 10 aromatic rings. The first-order chi connectivity index (χ1) is 25.8. The van der Waals surface area contributed by atoms with Crippen LogP contribution in [0.1, 0.15) is 0 Å². The van der Waals surface area contributed by atoms with Crippen LogP contribution in [0.5, 0.6) is 0 Å². The third-order valence-corrected chi connectivity index (χ3v) is 10.3. The Kier molecular flexibility index (Phi) is 7.18. The van der Waals surface area contributed by atoms with Crippen LogP contribution in [-0.4, -0.2) is 0 Å². The summed E-state index contributed by atoms with van der Waals surface area (Å²) < 4.78 is 6.39. The molecule has 244 valence electrons. The van der Waals surface area contributed by atoms with Gasteiger partial charge in [-0.15, -0.1) is 0 Å². The Hall–Kier alpha value is -6.90. The van der Waals surface area contributed by atoms with Gasteiger partial charge < -0.3 is 9.32 Å². The quantitative estimate of drug-likeness (QED) is 0.165. The number of fused-ring (bicyclic) bond motifs is 6. The molecule has 52 heavy (non-hydrogen) atoms. The van der Waals surface area contributed by atoms with E-state index in [1.807, 2.05) is 12.1 Å². The van der Waals surface area contributed by atoms with Crippen molar-refractivity contribution in [1.29, 1.82) is 0 Å². The van der Waals surface area contributed by atoms with Gasteiger partial charge in [0, 0.05) is 33.4 Å². The van der Waals surface area contributed by atoms with E-state index in [1.54, 1.807) is 0 Å². The summed E-state index contributed by atoms with van der Waals surface area (Å²) in [4.78, 5) is 2.34. The molecule has 0 aliphatic carbocycles. The zero-order chi connectivity index (χ0) is 34.4. The number of furan rings is 1. The number of rotatable bonds is 6. The fraction of sp³-hybridized carbons (Fsp3) is 0. The average molecular weight is 664 g/mol. The van der Waals surface area contributed by atoms with Gasteiger partial charge >= 0.3 is 0 Å². The molecule has 0 spiro atoms. The third kappa shape index (κ3) is 5.21. The van der Waals surface area contributed by atoms with Gasteiger partial charge in [0.05, 0.1) is 0 Å². The first-order valence-corrected chi connectivity index (χ1v) is 17.8. The summed E-state index contributed by atoms with van der Waals surface area (Å²) in [6.45, 7) is 0. The van der Waals surface area contributed by atoms with Gasteiger partial charge in [-0.05, 0) is 97.9 Å². The minimum absolute atomic E-state index is 0.909. The van der Waals surface area contributed by atoms with Crippen LogP contribution in [0.15, 0.2) is 205 Å². The molecule has 1 heterocycles. The topological polar surface area (TPSA) is 16.4 Å². The van der Waals surface area contributed by atoms with Gasteiger partial charge in [0.25, 0.3) is 0 Å². The third-order valence-electron chi connectivity index (χ3n) is 10.3. The summed E-state index contributed by atoms with van der Waals surface area (Å²) >= 11 is 0. The van der Waals surface area contributed by atoms with Gasteiger partial charge in [-0.1, -0.05) is 152 Å². The van der Waals surface area contributed by atoms with E-state index in [0.717, 1.165) is 50.1 Å². The van der Waals surface area contributed by atoms with Crippen LogP contribution < -0.4 is 4.90 Å². The van der Waals surface area contributed by atoms with Crippen molar-refractivity contribution in [3.63, 3.8) is 0 Å². The summed E-state index contributed by atoms with van der Waals surface area (Å²) in [7, 11) is 0. The summed E-state index contributed by atoms with van der Waals surface area (Å²) in [5.41, 5.74) is 12.1. The lowest BCUT2D eigenvalue weighted by Gasteiger charge is -2.26. The van der Waals surface area contributed by atoms with Crippen molar-refractivity contribution < 1.29 is 4.42 Å². The van der Waals surface area contributed by atoms with E-state index in [4.69, 9.17) is 4.42 Å². The maximum absolute atomic E-state index is 6.39. The Morgan fingerprint density at radius 2 is 0.885 bits per heavy atom. The van der Waals surface area contributed by atoms with E-state index in [0.29, 0.717) is 0 Å². The monoisotopic (exact) mass is 663 g/mol. The number of anilines is 3. The molecule has 0 unspecified atom stereocenters. The highest BCUT2D eigenvalue weighted by molar-refractivity contribution is 6.10. The Morgan fingerprint density at radius 3 is 1.71 bits per heavy atom. The van der Waals surface area contributed by atoms with Gasteiger partial charge in [0.2, 0.25) is 0 Å². The lowest BCUT2D eigenvalue weighted by Crippen LogP contribution is -2.10. The lowest BCUT2D eigenvalue weighted by molar-refractivity contribution is 0.670. The molecule has 0 N–H and O–H groups in total. The first-order valence-electron chi connectivity index (χ1n) is 17.8. The largest absolute Gasteiger partial charge is 0.455 e. The molecule has 1 aromatic heterocycles. The minimum Gasteiger partial charge on any atom is -0.455 e. The second-order valence-corrected chi connectivity index (χ2v) is 13.3. The van der Waals surface area contributed by atoms with Gasteiger partial charge in [-0.3, -0.25) is 0 Å². The second-order valence-electron chi connectivity index (χ2n) is 13.3. The Labute approximate surface area is 302 Å². The van der Waals surface area contributed by atoms with Crippen LogP contribution in [0.4, 0.5) is 17.1 Å². The Balaban J connectivity index is 1.05. The molecule has 0 aliphatic rings. The van der Waals surface area contributed by atoms with Crippen LogP contribution >= 0.6 is 0 Å². The smallest absolute Gasteiger partial charge is 0.143 e. The van der Waals surface area contributed by atoms with Gasteiger partial charge in [-0.25, -0.2) is 0 Å². The fourth-order valence-corrected chi connectivity index (χ4v) is 7.66. The van der Waals surface area contributed by atoms with Gasteiger partial charge in [0.15, 0.2) is 0 Å². The van der Waals surface area contributed by atoms with Crippen molar-refractivity contribution in [2.75, 3.05) is 4.90 Å². The number of benzene rings is 9. The molecule has 2 heteroatoms. The SMILES string of the molecule is c1ccc(-c2cccc(N(c3ccc(-c4ccc5c(ccc6ccccc65)c4)cc3)c3ccc(-c4cccc5c4oc4ccccc45)cc3)c2)cc1. The van der Waals surface area contributed by atoms with Crippen molar-refractivity contribution in [3.8, 4) is 33.4 Å². The van der Waals surface area contributed by atoms with Gasteiger partial charge in [0.1, 0.15) is 11.2 Å². The highest BCUT2D eigenvalue weighted by atomic mass is 16.3. The maximum Gasteiger partial charge on any atom is 0.143 e. The molecular formula is C50H33NO. The van der Waals surface area contributed by atoms with Crippen molar-refractivity contribution in [1.82, 2.24) is 0 Å². The van der Waals surface area contributed by atoms with E-state index in [2.05, 4.69) is 193 Å². The predicted molar refractivity (Wildman–Crippen MR) is 220 cm³/mol. The maximum atomic E-state index is 6.39. The Bertz CT molecular complexity index is 2890. The summed E-state index contributed by atoms with van der Waals surface area (Å²) in [5.74, 6) is 0. The van der Waals surface area contributed by atoms with Crippen LogP contribution in [0.2, 0.25) is 0 Å². The van der Waals surface area contributed by atoms with E-state index in [9.17, 15) is 0 Å². The van der Waals surface area contributed by atoms with Crippen LogP contribution in [-0.2, 0) is 0 Å². The molecule has 0 saturated carbocycles. The zero-order valence-electron chi connectivity index (χ0n) is 28.4. The second kappa shape index (κ2) is 12.5. The van der Waals surface area contributed by atoms with Gasteiger partial charge in [-0.2, -0.15) is 0 Å². The van der Waals surface area contributed by atoms with Crippen molar-refractivity contribution in [3.05, 3.63) is 200 Å². The van der Waals surface area contributed by atoms with E-state index in [-0.39, 0.29) is 0 Å². The summed E-state index contributed by atoms with van der Waals surface area (Å²) in [5, 5.41) is 7.36. The van der Waals surface area contributed by atoms with Crippen molar-refractivity contribution >= 4 is 60.5 Å². The minimum atomic E-state index is 0.909. The molecule has 0 atom stereocenters. The summed E-state index contributed by atoms with van der Waals surface area (Å²) in [6.07, 6.45) is 0. The number of hydrogen-bond acceptors (Lipinski definition) is 2. The van der Waals surface area contributed by atoms with E-state index in [1.165, 1.54) is 43.8 Å². The predicted octanol–water partition coefficient (Wildman–Crippen LogP) is 14.4. The number of para-hydroxylation sites is 2. The molecule has 0 fully saturated rings. The molecular weight excluding hydrogens is 631 g/mol. The van der Waals surface area contributed by atoms with Crippen LogP contribution in [0.3, 0.4) is 0 Å². The highest BCUT2D eigenvalue weighted by Crippen LogP contribution is 2.40. The molecule has 9 aromatic carbocycles. The van der Waals surface area contributed by atoms with Crippen molar-refractivity contribution in [2.45, 2.75) is 0 Å². The molecule has 0 saturated heterocycles. The molecule has 0 radical (unpaired) electrons. The number of nitrogens with zero attached hydrogens (tertiary/aromatic N) is 1. The number of hydrogen-bond donors (Lipinski definition) is 0. The van der Waals surface area contributed by atoms with Crippen molar-refractivity contribution in [2.24, 2.45) is 0 Å². The first kappa shape index (κ1) is 30.0. The standard InChI is InChI=1S/C50H33NO/c1-2-10-34(11-3-1)38-13-8-14-43(33-38)51(42-29-24-37(25-30-42)46-17-9-18-48-47-16-6-7-19-49(47)52-50(46)48)41-27-22-35(23-28-41)39-26-31-45-40(32-39)21-20-36-12-4-5-15-44(36)45/h1-33H. The zero-order valence-corrected chi connectivity index (χ0v) is 28.4. The van der Waals surface area contributed by atoms with Crippen LogP contribution in [0.25, 0.3) is 76.9 Å². The molecule has 0 bridgehead atoms. The highest BCUT2D eigenvalue weighted by Gasteiger charge is 2.16. The van der Waals surface area contributed by atoms with E-state index >= 15 is 0 Å². The fourth-order valence-electron chi connectivity index (χ4n) is 7.66. The molecule has 2 nitrogen and oxygen atoms in total. The lowest BCUT2D eigenvalue weighted by atomic mass is 9.97. The van der Waals surface area contributed by atoms with Crippen LogP contribution in [0, 0.1) is 0 Å². The Morgan fingerprint density at radius 1 is 0.308 bits per heavy atom.